The number of ether oxygens (including phenoxy) is 1. The lowest BCUT2D eigenvalue weighted by molar-refractivity contribution is 0.0890. The predicted octanol–water partition coefficient (Wildman–Crippen LogP) is -0.119. The van der Waals surface area contributed by atoms with Gasteiger partial charge in [0, 0.05) is 13.3 Å². The standard InChI is InChI=1S/C11H17N3O3/c1-17-7-8(2-4-12)14-11(16)9-3-5-13-6-10(9)15/h3,5-6,8,15H,2,4,7,12H2,1H3,(H,14,16). The Hall–Kier alpha value is -1.66. The average molecular weight is 239 g/mol. The fourth-order valence-electron chi connectivity index (χ4n) is 1.44. The van der Waals surface area contributed by atoms with Gasteiger partial charge in [-0.15, -0.1) is 0 Å². The lowest BCUT2D eigenvalue weighted by atomic mass is 10.2. The van der Waals surface area contributed by atoms with Gasteiger partial charge in [0.15, 0.2) is 0 Å². The number of aromatic hydroxyl groups is 1. The Kier molecular flexibility index (Phi) is 5.38. The smallest absolute Gasteiger partial charge is 0.255 e. The molecule has 0 aliphatic rings. The van der Waals surface area contributed by atoms with Crippen molar-refractivity contribution in [3.05, 3.63) is 24.0 Å². The van der Waals surface area contributed by atoms with Crippen molar-refractivity contribution in [2.75, 3.05) is 20.3 Å². The quantitative estimate of drug-likeness (QED) is 0.643. The second kappa shape index (κ2) is 6.82. The second-order valence-electron chi connectivity index (χ2n) is 3.60. The highest BCUT2D eigenvalue weighted by atomic mass is 16.5. The molecule has 1 amide bonds. The van der Waals surface area contributed by atoms with Gasteiger partial charge in [-0.2, -0.15) is 0 Å². The van der Waals surface area contributed by atoms with E-state index in [-0.39, 0.29) is 23.3 Å². The number of methoxy groups -OCH3 is 1. The summed E-state index contributed by atoms with van der Waals surface area (Å²) in [6.45, 7) is 0.839. The number of aromatic nitrogens is 1. The number of rotatable bonds is 6. The maximum Gasteiger partial charge on any atom is 0.255 e. The third-order valence-corrected chi connectivity index (χ3v) is 2.26. The topological polar surface area (TPSA) is 97.5 Å². The summed E-state index contributed by atoms with van der Waals surface area (Å²) in [6, 6.07) is 1.29. The first-order valence-electron chi connectivity index (χ1n) is 5.32. The predicted molar refractivity (Wildman–Crippen MR) is 62.7 cm³/mol. The number of nitrogens with zero attached hydrogens (tertiary/aromatic N) is 1. The van der Waals surface area contributed by atoms with Crippen molar-refractivity contribution in [3.63, 3.8) is 0 Å². The minimum absolute atomic E-state index is 0.145. The number of carbonyl (C=O) groups is 1. The highest BCUT2D eigenvalue weighted by Crippen LogP contribution is 2.13. The number of nitrogens with two attached hydrogens (primary N) is 1. The van der Waals surface area contributed by atoms with Crippen LogP contribution in [0.4, 0.5) is 0 Å². The van der Waals surface area contributed by atoms with E-state index in [4.69, 9.17) is 10.5 Å². The Labute approximate surface area is 99.8 Å². The average Bonchev–Trinajstić information content (AvgIpc) is 2.30. The van der Waals surface area contributed by atoms with Crippen LogP contribution in [0, 0.1) is 0 Å². The molecule has 94 valence electrons. The zero-order chi connectivity index (χ0) is 12.7. The summed E-state index contributed by atoms with van der Waals surface area (Å²) >= 11 is 0. The van der Waals surface area contributed by atoms with Gasteiger partial charge in [0.2, 0.25) is 0 Å². The third-order valence-electron chi connectivity index (χ3n) is 2.26. The molecular formula is C11H17N3O3. The van der Waals surface area contributed by atoms with Gasteiger partial charge in [-0.3, -0.25) is 9.78 Å². The van der Waals surface area contributed by atoms with Gasteiger partial charge in [0.05, 0.1) is 24.4 Å². The molecule has 6 nitrogen and oxygen atoms in total. The van der Waals surface area contributed by atoms with Crippen LogP contribution in [0.5, 0.6) is 5.75 Å². The van der Waals surface area contributed by atoms with Crippen molar-refractivity contribution >= 4 is 5.91 Å². The first kappa shape index (κ1) is 13.4. The van der Waals surface area contributed by atoms with Crippen LogP contribution in [0.2, 0.25) is 0 Å². The molecule has 0 saturated heterocycles. The van der Waals surface area contributed by atoms with Crippen LogP contribution in [0.3, 0.4) is 0 Å². The SMILES string of the molecule is COCC(CCN)NC(=O)c1ccncc1O. The van der Waals surface area contributed by atoms with Gasteiger partial charge in [0.1, 0.15) is 5.75 Å². The molecular weight excluding hydrogens is 222 g/mol. The fourth-order valence-corrected chi connectivity index (χ4v) is 1.44. The molecule has 17 heavy (non-hydrogen) atoms. The van der Waals surface area contributed by atoms with Crippen molar-refractivity contribution < 1.29 is 14.6 Å². The lowest BCUT2D eigenvalue weighted by Crippen LogP contribution is -2.39. The maximum atomic E-state index is 11.8. The van der Waals surface area contributed by atoms with Crippen molar-refractivity contribution in [1.29, 1.82) is 0 Å². The Bertz CT molecular complexity index is 365. The molecule has 1 aromatic heterocycles. The molecule has 1 aromatic rings. The molecule has 1 unspecified atom stereocenters. The van der Waals surface area contributed by atoms with Crippen molar-refractivity contribution in [3.8, 4) is 5.75 Å². The normalized spacial score (nSPS) is 12.1. The summed E-state index contributed by atoms with van der Waals surface area (Å²) in [6.07, 6.45) is 3.29. The molecule has 0 bridgehead atoms. The number of hydrogen-bond donors (Lipinski definition) is 3. The van der Waals surface area contributed by atoms with Gasteiger partial charge >= 0.3 is 0 Å². The number of amides is 1. The first-order valence-corrected chi connectivity index (χ1v) is 5.32. The van der Waals surface area contributed by atoms with Crippen molar-refractivity contribution in [2.24, 2.45) is 5.73 Å². The zero-order valence-electron chi connectivity index (χ0n) is 9.72. The van der Waals surface area contributed by atoms with Crippen LogP contribution in [0.15, 0.2) is 18.5 Å². The number of nitrogens with one attached hydrogen (secondary N) is 1. The summed E-state index contributed by atoms with van der Waals surface area (Å²) in [5, 5.41) is 12.2. The maximum absolute atomic E-state index is 11.8. The Morgan fingerprint density at radius 1 is 1.71 bits per heavy atom. The molecule has 6 heteroatoms. The van der Waals surface area contributed by atoms with E-state index in [0.29, 0.717) is 19.6 Å². The van der Waals surface area contributed by atoms with Gasteiger partial charge in [-0.1, -0.05) is 0 Å². The van der Waals surface area contributed by atoms with E-state index >= 15 is 0 Å². The van der Waals surface area contributed by atoms with Crippen LogP contribution < -0.4 is 11.1 Å². The van der Waals surface area contributed by atoms with Crippen LogP contribution in [0.25, 0.3) is 0 Å². The van der Waals surface area contributed by atoms with E-state index in [1.807, 2.05) is 0 Å². The van der Waals surface area contributed by atoms with Gasteiger partial charge in [-0.25, -0.2) is 0 Å². The fraction of sp³-hybridized carbons (Fsp3) is 0.455. The molecule has 0 saturated carbocycles. The Balaban J connectivity index is 2.67. The molecule has 0 radical (unpaired) electrons. The largest absolute Gasteiger partial charge is 0.505 e. The number of carbonyl (C=O) groups excluding carboxylic acids is 1. The van der Waals surface area contributed by atoms with E-state index in [1.165, 1.54) is 18.5 Å². The summed E-state index contributed by atoms with van der Waals surface area (Å²) < 4.78 is 4.98. The van der Waals surface area contributed by atoms with Gasteiger partial charge in [0.25, 0.3) is 5.91 Å². The monoisotopic (exact) mass is 239 g/mol. The van der Waals surface area contributed by atoms with Gasteiger partial charge in [-0.05, 0) is 19.0 Å². The van der Waals surface area contributed by atoms with E-state index in [2.05, 4.69) is 10.3 Å². The van der Waals surface area contributed by atoms with E-state index < -0.39 is 0 Å². The van der Waals surface area contributed by atoms with Crippen LogP contribution >= 0.6 is 0 Å². The molecule has 1 rings (SSSR count). The Morgan fingerprint density at radius 3 is 3.06 bits per heavy atom. The van der Waals surface area contributed by atoms with E-state index in [0.717, 1.165) is 0 Å². The summed E-state index contributed by atoms with van der Waals surface area (Å²) in [5.41, 5.74) is 5.63. The minimum atomic E-state index is -0.361. The minimum Gasteiger partial charge on any atom is -0.505 e. The van der Waals surface area contributed by atoms with E-state index in [1.54, 1.807) is 7.11 Å². The number of hydrogen-bond acceptors (Lipinski definition) is 5. The zero-order valence-corrected chi connectivity index (χ0v) is 9.72. The second-order valence-corrected chi connectivity index (χ2v) is 3.60. The number of pyridine rings is 1. The van der Waals surface area contributed by atoms with Crippen molar-refractivity contribution in [2.45, 2.75) is 12.5 Å². The molecule has 4 N–H and O–H groups in total. The van der Waals surface area contributed by atoms with Gasteiger partial charge < -0.3 is 20.9 Å². The van der Waals surface area contributed by atoms with Crippen molar-refractivity contribution in [1.82, 2.24) is 10.3 Å². The van der Waals surface area contributed by atoms with E-state index in [9.17, 15) is 9.90 Å². The summed E-state index contributed by atoms with van der Waals surface area (Å²) in [5.74, 6) is -0.505. The van der Waals surface area contributed by atoms with Crippen LogP contribution in [-0.4, -0.2) is 42.3 Å². The molecule has 0 aliphatic carbocycles. The molecule has 0 spiro atoms. The van der Waals surface area contributed by atoms with Crippen LogP contribution in [-0.2, 0) is 4.74 Å². The molecule has 1 heterocycles. The lowest BCUT2D eigenvalue weighted by Gasteiger charge is -2.17. The van der Waals surface area contributed by atoms with Crippen LogP contribution in [0.1, 0.15) is 16.8 Å². The highest BCUT2D eigenvalue weighted by Gasteiger charge is 2.15. The summed E-state index contributed by atoms with van der Waals surface area (Å²) in [4.78, 5) is 15.5. The summed E-state index contributed by atoms with van der Waals surface area (Å²) in [7, 11) is 1.56. The third kappa shape index (κ3) is 4.01. The molecule has 0 fully saturated rings. The Morgan fingerprint density at radius 2 is 2.47 bits per heavy atom. The highest BCUT2D eigenvalue weighted by molar-refractivity contribution is 5.96. The molecule has 1 atom stereocenters. The molecule has 0 aromatic carbocycles. The first-order chi connectivity index (χ1) is 8.19. The molecule has 0 aliphatic heterocycles.